The van der Waals surface area contributed by atoms with Gasteiger partial charge in [-0.1, -0.05) is 6.07 Å². The van der Waals surface area contributed by atoms with Crippen LogP contribution < -0.4 is 4.90 Å². The summed E-state index contributed by atoms with van der Waals surface area (Å²) < 4.78 is 4.84. The zero-order valence-corrected chi connectivity index (χ0v) is 12.3. The summed E-state index contributed by atoms with van der Waals surface area (Å²) in [6.07, 6.45) is 3.11. The van der Waals surface area contributed by atoms with Crippen LogP contribution in [0, 0.1) is 0 Å². The monoisotopic (exact) mass is 273 g/mol. The van der Waals surface area contributed by atoms with Gasteiger partial charge in [0.1, 0.15) is 0 Å². The van der Waals surface area contributed by atoms with E-state index in [0.717, 1.165) is 16.8 Å². The van der Waals surface area contributed by atoms with Crippen molar-refractivity contribution in [3.05, 3.63) is 35.4 Å². The summed E-state index contributed by atoms with van der Waals surface area (Å²) in [6, 6.07) is 5.75. The van der Waals surface area contributed by atoms with E-state index in [9.17, 15) is 9.59 Å². The second kappa shape index (κ2) is 5.12. The highest BCUT2D eigenvalue weighted by atomic mass is 16.5. The minimum Gasteiger partial charge on any atom is -0.463 e. The van der Waals surface area contributed by atoms with E-state index in [4.69, 9.17) is 4.74 Å². The summed E-state index contributed by atoms with van der Waals surface area (Å²) in [5, 5.41) is 0. The van der Waals surface area contributed by atoms with Crippen LogP contribution in [0.25, 0.3) is 6.08 Å². The SMILES string of the molecule is CCOC(=O)/C=C/c1ccc2c(c1)C(C)(C)C(=O)N2C. The van der Waals surface area contributed by atoms with E-state index < -0.39 is 5.41 Å². The van der Waals surface area contributed by atoms with Crippen LogP contribution >= 0.6 is 0 Å². The Kier molecular flexibility index (Phi) is 3.66. The van der Waals surface area contributed by atoms with Gasteiger partial charge in [0, 0.05) is 18.8 Å². The van der Waals surface area contributed by atoms with Gasteiger partial charge in [0.25, 0.3) is 0 Å². The number of carbonyl (C=O) groups is 2. The molecule has 1 amide bonds. The van der Waals surface area contributed by atoms with Crippen LogP contribution in [-0.4, -0.2) is 25.5 Å². The summed E-state index contributed by atoms with van der Waals surface area (Å²) in [7, 11) is 1.78. The lowest BCUT2D eigenvalue weighted by Gasteiger charge is -2.16. The Morgan fingerprint density at radius 1 is 1.40 bits per heavy atom. The predicted molar refractivity (Wildman–Crippen MR) is 78.5 cm³/mol. The fourth-order valence-electron chi connectivity index (χ4n) is 2.45. The highest BCUT2D eigenvalue weighted by molar-refractivity contribution is 6.07. The molecule has 0 fully saturated rings. The van der Waals surface area contributed by atoms with Gasteiger partial charge in [-0.2, -0.15) is 0 Å². The van der Waals surface area contributed by atoms with Crippen molar-refractivity contribution in [2.75, 3.05) is 18.6 Å². The van der Waals surface area contributed by atoms with Gasteiger partial charge in [0.05, 0.1) is 12.0 Å². The van der Waals surface area contributed by atoms with E-state index >= 15 is 0 Å². The van der Waals surface area contributed by atoms with Crippen LogP contribution in [-0.2, 0) is 19.7 Å². The summed E-state index contributed by atoms with van der Waals surface area (Å²) >= 11 is 0. The number of carbonyl (C=O) groups excluding carboxylic acids is 2. The lowest BCUT2D eigenvalue weighted by Crippen LogP contribution is -2.33. The van der Waals surface area contributed by atoms with E-state index in [2.05, 4.69) is 0 Å². The molecule has 0 aromatic heterocycles. The molecule has 2 rings (SSSR count). The number of ether oxygens (including phenoxy) is 1. The van der Waals surface area contributed by atoms with E-state index in [1.165, 1.54) is 6.08 Å². The third-order valence-corrected chi connectivity index (χ3v) is 3.59. The van der Waals surface area contributed by atoms with Crippen molar-refractivity contribution < 1.29 is 14.3 Å². The number of benzene rings is 1. The fraction of sp³-hybridized carbons (Fsp3) is 0.375. The lowest BCUT2D eigenvalue weighted by molar-refractivity contribution is -0.137. The summed E-state index contributed by atoms with van der Waals surface area (Å²) in [5.74, 6) is -0.278. The van der Waals surface area contributed by atoms with Gasteiger partial charge in [-0.25, -0.2) is 4.79 Å². The van der Waals surface area contributed by atoms with Gasteiger partial charge in [-0.3, -0.25) is 4.79 Å². The second-order valence-corrected chi connectivity index (χ2v) is 5.35. The molecule has 4 heteroatoms. The molecule has 1 heterocycles. The molecule has 0 saturated heterocycles. The first-order chi connectivity index (χ1) is 9.37. The zero-order valence-electron chi connectivity index (χ0n) is 12.3. The van der Waals surface area contributed by atoms with Gasteiger partial charge in [-0.05, 0) is 50.1 Å². The van der Waals surface area contributed by atoms with E-state index in [1.807, 2.05) is 32.0 Å². The Labute approximate surface area is 119 Å². The van der Waals surface area contributed by atoms with Crippen LogP contribution in [0.5, 0.6) is 0 Å². The molecule has 1 aliphatic heterocycles. The second-order valence-electron chi connectivity index (χ2n) is 5.35. The quantitative estimate of drug-likeness (QED) is 0.628. The number of anilines is 1. The van der Waals surface area contributed by atoms with Gasteiger partial charge in [0.15, 0.2) is 0 Å². The van der Waals surface area contributed by atoms with Crippen molar-refractivity contribution >= 4 is 23.6 Å². The van der Waals surface area contributed by atoms with Crippen molar-refractivity contribution in [3.63, 3.8) is 0 Å². The fourth-order valence-corrected chi connectivity index (χ4v) is 2.45. The molecular weight excluding hydrogens is 254 g/mol. The summed E-state index contributed by atoms with van der Waals surface area (Å²) in [6.45, 7) is 5.96. The normalized spacial score (nSPS) is 16.6. The van der Waals surface area contributed by atoms with E-state index in [0.29, 0.717) is 6.61 Å². The maximum atomic E-state index is 12.2. The van der Waals surface area contributed by atoms with Crippen LogP contribution in [0.3, 0.4) is 0 Å². The van der Waals surface area contributed by atoms with Crippen molar-refractivity contribution in [2.45, 2.75) is 26.2 Å². The van der Waals surface area contributed by atoms with E-state index in [1.54, 1.807) is 24.9 Å². The predicted octanol–water partition coefficient (Wildman–Crippen LogP) is 2.52. The third-order valence-electron chi connectivity index (χ3n) is 3.59. The number of amides is 1. The molecule has 0 spiro atoms. The molecule has 0 N–H and O–H groups in total. The van der Waals surface area contributed by atoms with Crippen LogP contribution in [0.4, 0.5) is 5.69 Å². The molecule has 0 saturated carbocycles. The molecule has 0 atom stereocenters. The Balaban J connectivity index is 2.32. The standard InChI is InChI=1S/C16H19NO3/c1-5-20-14(18)9-7-11-6-8-13-12(10-11)16(2,3)15(19)17(13)4/h6-10H,5H2,1-4H3/b9-7+. The molecule has 20 heavy (non-hydrogen) atoms. The van der Waals surface area contributed by atoms with Crippen molar-refractivity contribution in [3.8, 4) is 0 Å². The summed E-state index contributed by atoms with van der Waals surface area (Å²) in [4.78, 5) is 25.2. The van der Waals surface area contributed by atoms with E-state index in [-0.39, 0.29) is 11.9 Å². The molecule has 1 aromatic rings. The molecule has 1 aliphatic rings. The first-order valence-electron chi connectivity index (χ1n) is 6.65. The number of hydrogen-bond donors (Lipinski definition) is 0. The first kappa shape index (κ1) is 14.3. The van der Waals surface area contributed by atoms with Crippen molar-refractivity contribution in [1.82, 2.24) is 0 Å². The molecule has 0 aliphatic carbocycles. The molecular formula is C16H19NO3. The molecule has 1 aromatic carbocycles. The Hall–Kier alpha value is -2.10. The highest BCUT2D eigenvalue weighted by Crippen LogP contribution is 2.41. The summed E-state index contributed by atoms with van der Waals surface area (Å²) in [5.41, 5.74) is 2.26. The molecule has 106 valence electrons. The van der Waals surface area contributed by atoms with Crippen LogP contribution in [0.15, 0.2) is 24.3 Å². The number of hydrogen-bond acceptors (Lipinski definition) is 3. The molecule has 0 radical (unpaired) electrons. The molecule has 0 bridgehead atoms. The minimum absolute atomic E-state index is 0.0824. The Morgan fingerprint density at radius 2 is 2.10 bits per heavy atom. The Morgan fingerprint density at radius 3 is 2.75 bits per heavy atom. The highest BCUT2D eigenvalue weighted by Gasteiger charge is 2.41. The smallest absolute Gasteiger partial charge is 0.330 e. The Bertz CT molecular complexity index is 587. The van der Waals surface area contributed by atoms with Gasteiger partial charge >= 0.3 is 5.97 Å². The average Bonchev–Trinajstić information content (AvgIpc) is 2.58. The third kappa shape index (κ3) is 2.33. The maximum absolute atomic E-state index is 12.2. The van der Waals surface area contributed by atoms with Crippen molar-refractivity contribution in [2.24, 2.45) is 0 Å². The first-order valence-corrected chi connectivity index (χ1v) is 6.65. The van der Waals surface area contributed by atoms with Gasteiger partial charge < -0.3 is 9.64 Å². The van der Waals surface area contributed by atoms with Crippen LogP contribution in [0.1, 0.15) is 31.9 Å². The van der Waals surface area contributed by atoms with Gasteiger partial charge in [0.2, 0.25) is 5.91 Å². The van der Waals surface area contributed by atoms with Crippen molar-refractivity contribution in [1.29, 1.82) is 0 Å². The number of fused-ring (bicyclic) bond motifs is 1. The number of rotatable bonds is 3. The molecule has 4 nitrogen and oxygen atoms in total. The topological polar surface area (TPSA) is 46.6 Å². The average molecular weight is 273 g/mol. The van der Waals surface area contributed by atoms with Crippen LogP contribution in [0.2, 0.25) is 0 Å². The number of nitrogens with zero attached hydrogens (tertiary/aromatic N) is 1. The maximum Gasteiger partial charge on any atom is 0.330 e. The lowest BCUT2D eigenvalue weighted by atomic mass is 9.85. The minimum atomic E-state index is -0.530. The largest absolute Gasteiger partial charge is 0.463 e. The zero-order chi connectivity index (χ0) is 14.9. The molecule has 0 unspecified atom stereocenters. The van der Waals surface area contributed by atoms with Gasteiger partial charge in [-0.15, -0.1) is 0 Å². The number of esters is 1. The number of likely N-dealkylation sites (N-methyl/N-ethyl adjacent to an activating group) is 1.